The van der Waals surface area contributed by atoms with Crippen LogP contribution < -0.4 is 0 Å². The minimum atomic E-state index is -0.517. The molecule has 2 aromatic heterocycles. The van der Waals surface area contributed by atoms with Crippen LogP contribution >= 0.6 is 0 Å². The maximum absolute atomic E-state index is 10.0. The van der Waals surface area contributed by atoms with E-state index in [0.29, 0.717) is 6.42 Å². The first-order valence-corrected chi connectivity index (χ1v) is 5.26. The highest BCUT2D eigenvalue weighted by Gasteiger charge is 2.09. The van der Waals surface area contributed by atoms with Crippen LogP contribution in [0.4, 0.5) is 0 Å². The fraction of sp³-hybridized carbons (Fsp3) is 0.231. The standard InChI is InChI=1S/C13H14N2O/c1-10-8-11(5-7-14-10)13(16)9-12-4-2-3-6-15-12/h2-8,13,16H,9H2,1H3. The van der Waals surface area contributed by atoms with E-state index in [1.165, 1.54) is 0 Å². The highest BCUT2D eigenvalue weighted by Crippen LogP contribution is 2.16. The Hall–Kier alpha value is -1.74. The Kier molecular flexibility index (Phi) is 3.27. The van der Waals surface area contributed by atoms with E-state index in [4.69, 9.17) is 0 Å². The number of hydrogen-bond acceptors (Lipinski definition) is 3. The summed E-state index contributed by atoms with van der Waals surface area (Å²) in [4.78, 5) is 8.29. The zero-order valence-corrected chi connectivity index (χ0v) is 9.17. The van der Waals surface area contributed by atoms with Gasteiger partial charge < -0.3 is 5.11 Å². The fourth-order valence-corrected chi connectivity index (χ4v) is 1.61. The van der Waals surface area contributed by atoms with Crippen LogP contribution in [-0.2, 0) is 6.42 Å². The van der Waals surface area contributed by atoms with Gasteiger partial charge in [-0.15, -0.1) is 0 Å². The molecule has 0 fully saturated rings. The number of pyridine rings is 2. The van der Waals surface area contributed by atoms with Gasteiger partial charge in [0.25, 0.3) is 0 Å². The summed E-state index contributed by atoms with van der Waals surface area (Å²) in [5.41, 5.74) is 2.69. The predicted octanol–water partition coefficient (Wildman–Crippen LogP) is 2.06. The van der Waals surface area contributed by atoms with E-state index in [1.54, 1.807) is 12.4 Å². The van der Waals surface area contributed by atoms with Crippen molar-refractivity contribution in [3.8, 4) is 0 Å². The molecule has 2 heterocycles. The van der Waals surface area contributed by atoms with Crippen LogP contribution in [0, 0.1) is 6.92 Å². The third kappa shape index (κ3) is 2.64. The number of hydrogen-bond donors (Lipinski definition) is 1. The zero-order chi connectivity index (χ0) is 11.4. The molecule has 0 aliphatic carbocycles. The van der Waals surface area contributed by atoms with Gasteiger partial charge in [-0.2, -0.15) is 0 Å². The number of aromatic nitrogens is 2. The average molecular weight is 214 g/mol. The molecule has 0 aliphatic heterocycles. The molecule has 0 amide bonds. The van der Waals surface area contributed by atoms with Gasteiger partial charge in [0.05, 0.1) is 6.10 Å². The van der Waals surface area contributed by atoms with Crippen LogP contribution in [0.3, 0.4) is 0 Å². The van der Waals surface area contributed by atoms with Crippen LogP contribution in [0.25, 0.3) is 0 Å². The summed E-state index contributed by atoms with van der Waals surface area (Å²) in [5, 5.41) is 10.0. The molecule has 0 spiro atoms. The van der Waals surface area contributed by atoms with Crippen molar-refractivity contribution in [1.29, 1.82) is 0 Å². The minimum absolute atomic E-state index is 0.517. The number of nitrogens with zero attached hydrogens (tertiary/aromatic N) is 2. The van der Waals surface area contributed by atoms with Gasteiger partial charge in [0.1, 0.15) is 0 Å². The van der Waals surface area contributed by atoms with Gasteiger partial charge in [-0.25, -0.2) is 0 Å². The van der Waals surface area contributed by atoms with Crippen LogP contribution in [0.1, 0.15) is 23.1 Å². The van der Waals surface area contributed by atoms with Gasteiger partial charge in [-0.3, -0.25) is 9.97 Å². The molecule has 0 radical (unpaired) electrons. The van der Waals surface area contributed by atoms with Gasteiger partial charge in [0.2, 0.25) is 0 Å². The highest BCUT2D eigenvalue weighted by atomic mass is 16.3. The van der Waals surface area contributed by atoms with Crippen LogP contribution in [0.5, 0.6) is 0 Å². The molecule has 0 saturated heterocycles. The van der Waals surface area contributed by atoms with Crippen molar-refractivity contribution < 1.29 is 5.11 Å². The topological polar surface area (TPSA) is 46.0 Å². The van der Waals surface area contributed by atoms with Crippen molar-refractivity contribution in [3.63, 3.8) is 0 Å². The second-order valence-electron chi connectivity index (χ2n) is 3.77. The second-order valence-corrected chi connectivity index (χ2v) is 3.77. The first kappa shape index (κ1) is 10.8. The predicted molar refractivity (Wildman–Crippen MR) is 61.9 cm³/mol. The molecule has 16 heavy (non-hydrogen) atoms. The fourth-order valence-electron chi connectivity index (χ4n) is 1.61. The number of aliphatic hydroxyl groups excluding tert-OH is 1. The SMILES string of the molecule is Cc1cc(C(O)Cc2ccccn2)ccn1. The van der Waals surface area contributed by atoms with Crippen molar-refractivity contribution in [2.45, 2.75) is 19.4 Å². The molecule has 0 aromatic carbocycles. The minimum Gasteiger partial charge on any atom is -0.388 e. The van der Waals surface area contributed by atoms with Gasteiger partial charge in [0, 0.05) is 30.2 Å². The molecule has 2 aromatic rings. The molecule has 3 nitrogen and oxygen atoms in total. The third-order valence-electron chi connectivity index (χ3n) is 2.43. The van der Waals surface area contributed by atoms with Crippen LogP contribution in [0.15, 0.2) is 42.7 Å². The van der Waals surface area contributed by atoms with Crippen LogP contribution in [0.2, 0.25) is 0 Å². The summed E-state index contributed by atoms with van der Waals surface area (Å²) < 4.78 is 0. The van der Waals surface area contributed by atoms with E-state index in [-0.39, 0.29) is 0 Å². The van der Waals surface area contributed by atoms with Crippen molar-refractivity contribution in [2.75, 3.05) is 0 Å². The second kappa shape index (κ2) is 4.86. The van der Waals surface area contributed by atoms with E-state index in [2.05, 4.69) is 9.97 Å². The van der Waals surface area contributed by atoms with Gasteiger partial charge in [0.15, 0.2) is 0 Å². The molecule has 1 unspecified atom stereocenters. The number of aliphatic hydroxyl groups is 1. The van der Waals surface area contributed by atoms with Crippen molar-refractivity contribution in [2.24, 2.45) is 0 Å². The van der Waals surface area contributed by atoms with Gasteiger partial charge in [-0.1, -0.05) is 6.07 Å². The van der Waals surface area contributed by atoms with E-state index in [1.807, 2.05) is 37.3 Å². The molecule has 2 rings (SSSR count). The van der Waals surface area contributed by atoms with Gasteiger partial charge in [-0.05, 0) is 36.8 Å². The summed E-state index contributed by atoms with van der Waals surface area (Å²) in [6.45, 7) is 1.91. The summed E-state index contributed by atoms with van der Waals surface area (Å²) in [6.07, 6.45) is 3.47. The van der Waals surface area contributed by atoms with E-state index < -0.39 is 6.10 Å². The summed E-state index contributed by atoms with van der Waals surface area (Å²) in [6, 6.07) is 9.44. The molecule has 1 atom stereocenters. The Bertz CT molecular complexity index is 456. The van der Waals surface area contributed by atoms with E-state index >= 15 is 0 Å². The summed E-state index contributed by atoms with van der Waals surface area (Å²) >= 11 is 0. The largest absolute Gasteiger partial charge is 0.388 e. The van der Waals surface area contributed by atoms with Crippen molar-refractivity contribution in [1.82, 2.24) is 9.97 Å². The molecule has 0 saturated carbocycles. The first-order valence-electron chi connectivity index (χ1n) is 5.26. The van der Waals surface area contributed by atoms with Crippen molar-refractivity contribution >= 4 is 0 Å². The number of aryl methyl sites for hydroxylation is 1. The highest BCUT2D eigenvalue weighted by molar-refractivity contribution is 5.19. The third-order valence-corrected chi connectivity index (χ3v) is 2.43. The lowest BCUT2D eigenvalue weighted by atomic mass is 10.1. The number of rotatable bonds is 3. The van der Waals surface area contributed by atoms with E-state index in [9.17, 15) is 5.11 Å². The quantitative estimate of drug-likeness (QED) is 0.850. The maximum atomic E-state index is 10.0. The monoisotopic (exact) mass is 214 g/mol. The van der Waals surface area contributed by atoms with Crippen molar-refractivity contribution in [3.05, 3.63) is 59.7 Å². The average Bonchev–Trinajstić information content (AvgIpc) is 2.30. The first-order chi connectivity index (χ1) is 7.75. The molecule has 1 N–H and O–H groups in total. The smallest absolute Gasteiger partial charge is 0.0846 e. The molecule has 0 bridgehead atoms. The molecule has 0 aliphatic rings. The summed E-state index contributed by atoms with van der Waals surface area (Å²) in [5.74, 6) is 0. The molecular formula is C13H14N2O. The maximum Gasteiger partial charge on any atom is 0.0846 e. The normalized spacial score (nSPS) is 12.4. The van der Waals surface area contributed by atoms with Gasteiger partial charge >= 0.3 is 0 Å². The summed E-state index contributed by atoms with van der Waals surface area (Å²) in [7, 11) is 0. The zero-order valence-electron chi connectivity index (χ0n) is 9.17. The Morgan fingerprint density at radius 1 is 1.19 bits per heavy atom. The molecule has 82 valence electrons. The Balaban J connectivity index is 2.12. The Morgan fingerprint density at radius 2 is 2.06 bits per heavy atom. The van der Waals surface area contributed by atoms with E-state index in [0.717, 1.165) is 17.0 Å². The molecule has 3 heteroatoms. The Morgan fingerprint density at radius 3 is 2.75 bits per heavy atom. The van der Waals surface area contributed by atoms with Crippen LogP contribution in [-0.4, -0.2) is 15.1 Å². The lowest BCUT2D eigenvalue weighted by molar-refractivity contribution is 0.177. The lowest BCUT2D eigenvalue weighted by Crippen LogP contribution is -2.03. The Labute approximate surface area is 94.8 Å². The lowest BCUT2D eigenvalue weighted by Gasteiger charge is -2.10. The molecular weight excluding hydrogens is 200 g/mol.